The summed E-state index contributed by atoms with van der Waals surface area (Å²) < 4.78 is 0. The third kappa shape index (κ3) is 2.19. The van der Waals surface area contributed by atoms with Crippen molar-refractivity contribution in [3.8, 4) is 12.3 Å². The molecule has 1 N–H and O–H groups in total. The third-order valence-corrected chi connectivity index (χ3v) is 4.26. The van der Waals surface area contributed by atoms with Crippen molar-refractivity contribution >= 4 is 0 Å². The smallest absolute Gasteiger partial charge is 0.0578 e. The first kappa shape index (κ1) is 11.0. The molecule has 0 saturated carbocycles. The van der Waals surface area contributed by atoms with Gasteiger partial charge in [0, 0.05) is 18.5 Å². The van der Waals surface area contributed by atoms with Crippen molar-refractivity contribution in [2.45, 2.75) is 56.7 Å². The monoisotopic (exact) mass is 207 g/mol. The second kappa shape index (κ2) is 4.55. The summed E-state index contributed by atoms with van der Waals surface area (Å²) in [5.41, 5.74) is 0. The number of piperidine rings is 1. The number of aliphatic hydroxyl groups excluding tert-OH is 1. The van der Waals surface area contributed by atoms with Crippen molar-refractivity contribution in [3.05, 3.63) is 0 Å². The van der Waals surface area contributed by atoms with E-state index in [9.17, 15) is 5.11 Å². The molecule has 2 aliphatic heterocycles. The average molecular weight is 207 g/mol. The van der Waals surface area contributed by atoms with Gasteiger partial charge in [-0.15, -0.1) is 12.3 Å². The molecular weight excluding hydrogens is 186 g/mol. The largest absolute Gasteiger partial charge is 0.393 e. The number of rotatable bonds is 3. The number of fused-ring (bicyclic) bond motifs is 2. The minimum Gasteiger partial charge on any atom is -0.393 e. The summed E-state index contributed by atoms with van der Waals surface area (Å²) in [6, 6.07) is 1.43. The summed E-state index contributed by atoms with van der Waals surface area (Å²) in [6.07, 6.45) is 11.5. The maximum Gasteiger partial charge on any atom is 0.0578 e. The van der Waals surface area contributed by atoms with E-state index >= 15 is 0 Å². The quantitative estimate of drug-likeness (QED) is 0.711. The zero-order valence-electron chi connectivity index (χ0n) is 9.52. The Kier molecular flexibility index (Phi) is 3.33. The highest BCUT2D eigenvalue weighted by Crippen LogP contribution is 2.39. The van der Waals surface area contributed by atoms with E-state index in [0.717, 1.165) is 6.42 Å². The van der Waals surface area contributed by atoms with Crippen LogP contribution in [0.3, 0.4) is 0 Å². The topological polar surface area (TPSA) is 23.5 Å². The van der Waals surface area contributed by atoms with Crippen LogP contribution in [0.1, 0.15) is 38.5 Å². The van der Waals surface area contributed by atoms with Crippen molar-refractivity contribution in [2.24, 2.45) is 5.92 Å². The van der Waals surface area contributed by atoms with Crippen LogP contribution in [0.4, 0.5) is 0 Å². The molecule has 2 heterocycles. The Balaban J connectivity index is 1.88. The zero-order chi connectivity index (χ0) is 10.8. The molecule has 2 aliphatic rings. The van der Waals surface area contributed by atoms with Gasteiger partial charge in [-0.3, -0.25) is 0 Å². The molecule has 0 aromatic heterocycles. The number of terminal acetylenes is 1. The lowest BCUT2D eigenvalue weighted by atomic mass is 9.85. The first-order chi connectivity index (χ1) is 7.22. The Hall–Kier alpha value is -0.520. The van der Waals surface area contributed by atoms with Crippen LogP contribution in [-0.4, -0.2) is 35.2 Å². The Bertz CT molecular complexity index is 244. The van der Waals surface area contributed by atoms with Crippen molar-refractivity contribution in [2.75, 3.05) is 7.05 Å². The highest BCUT2D eigenvalue weighted by Gasteiger charge is 2.40. The summed E-state index contributed by atoms with van der Waals surface area (Å²) in [4.78, 5) is 2.50. The predicted octanol–water partition coefficient (Wildman–Crippen LogP) is 1.63. The number of nitrogens with zero attached hydrogens (tertiary/aromatic N) is 1. The molecule has 0 aliphatic carbocycles. The summed E-state index contributed by atoms with van der Waals surface area (Å²) in [5.74, 6) is 3.11. The summed E-state index contributed by atoms with van der Waals surface area (Å²) in [6.45, 7) is 0. The van der Waals surface area contributed by atoms with Crippen LogP contribution in [0.2, 0.25) is 0 Å². The van der Waals surface area contributed by atoms with Gasteiger partial charge in [0.1, 0.15) is 0 Å². The van der Waals surface area contributed by atoms with E-state index in [-0.39, 0.29) is 6.10 Å². The van der Waals surface area contributed by atoms with Crippen LogP contribution in [0.15, 0.2) is 0 Å². The number of aliphatic hydroxyl groups is 1. The minimum absolute atomic E-state index is 0.169. The molecule has 2 rings (SSSR count). The van der Waals surface area contributed by atoms with Gasteiger partial charge in [0.05, 0.1) is 6.10 Å². The summed E-state index contributed by atoms with van der Waals surface area (Å²) in [5, 5.41) is 10.0. The summed E-state index contributed by atoms with van der Waals surface area (Å²) >= 11 is 0. The minimum atomic E-state index is -0.169. The van der Waals surface area contributed by atoms with Gasteiger partial charge in [0.15, 0.2) is 0 Å². The van der Waals surface area contributed by atoms with Gasteiger partial charge in [-0.05, 0) is 45.1 Å². The Morgan fingerprint density at radius 3 is 2.53 bits per heavy atom. The first-order valence-corrected chi connectivity index (χ1v) is 6.06. The molecule has 0 amide bonds. The average Bonchev–Trinajstić information content (AvgIpc) is 2.49. The molecule has 0 aromatic rings. The fourth-order valence-electron chi connectivity index (χ4n) is 3.23. The van der Waals surface area contributed by atoms with E-state index in [1.54, 1.807) is 0 Å². The Labute approximate surface area is 92.7 Å². The molecule has 84 valence electrons. The lowest BCUT2D eigenvalue weighted by Crippen LogP contribution is -2.43. The fraction of sp³-hybridized carbons (Fsp3) is 0.846. The highest BCUT2D eigenvalue weighted by molar-refractivity contribution is 4.96. The number of hydrogen-bond donors (Lipinski definition) is 1. The van der Waals surface area contributed by atoms with Crippen molar-refractivity contribution < 1.29 is 5.11 Å². The van der Waals surface area contributed by atoms with Crippen LogP contribution >= 0.6 is 0 Å². The molecule has 0 spiro atoms. The van der Waals surface area contributed by atoms with Crippen molar-refractivity contribution in [1.82, 2.24) is 4.90 Å². The molecule has 0 aromatic carbocycles. The lowest BCUT2D eigenvalue weighted by Gasteiger charge is -2.38. The molecule has 15 heavy (non-hydrogen) atoms. The second-order valence-corrected chi connectivity index (χ2v) is 5.09. The van der Waals surface area contributed by atoms with Gasteiger partial charge in [-0.1, -0.05) is 0 Å². The Morgan fingerprint density at radius 2 is 2.00 bits per heavy atom. The molecule has 2 bridgehead atoms. The van der Waals surface area contributed by atoms with Gasteiger partial charge in [-0.25, -0.2) is 0 Å². The van der Waals surface area contributed by atoms with Gasteiger partial charge in [0.25, 0.3) is 0 Å². The van der Waals surface area contributed by atoms with E-state index < -0.39 is 0 Å². The fourth-order valence-corrected chi connectivity index (χ4v) is 3.23. The second-order valence-electron chi connectivity index (χ2n) is 5.09. The van der Waals surface area contributed by atoms with Crippen LogP contribution in [0, 0.1) is 18.3 Å². The molecule has 2 nitrogen and oxygen atoms in total. The van der Waals surface area contributed by atoms with Crippen LogP contribution in [0.25, 0.3) is 0 Å². The maximum atomic E-state index is 10.0. The molecule has 2 fully saturated rings. The predicted molar refractivity (Wildman–Crippen MR) is 61.4 cm³/mol. The first-order valence-electron chi connectivity index (χ1n) is 6.06. The standard InChI is InChI=1S/C13H21NO/c1-3-4-5-13(15)10-8-11-6-7-12(9-10)14(11)2/h1,10-13,15H,4-9H2,2H3. The van der Waals surface area contributed by atoms with Gasteiger partial charge in [0.2, 0.25) is 0 Å². The molecule has 2 heteroatoms. The van der Waals surface area contributed by atoms with Gasteiger partial charge >= 0.3 is 0 Å². The van der Waals surface area contributed by atoms with Crippen LogP contribution in [-0.2, 0) is 0 Å². The summed E-state index contributed by atoms with van der Waals surface area (Å²) in [7, 11) is 2.23. The number of hydrogen-bond acceptors (Lipinski definition) is 2. The SMILES string of the molecule is C#CCCC(O)C1CC2CCC(C1)N2C. The van der Waals surface area contributed by atoms with E-state index in [2.05, 4.69) is 17.9 Å². The van der Waals surface area contributed by atoms with E-state index in [0.29, 0.717) is 24.4 Å². The zero-order valence-corrected chi connectivity index (χ0v) is 9.52. The van der Waals surface area contributed by atoms with Gasteiger partial charge < -0.3 is 10.0 Å². The van der Waals surface area contributed by atoms with E-state index in [1.807, 2.05) is 0 Å². The highest BCUT2D eigenvalue weighted by atomic mass is 16.3. The Morgan fingerprint density at radius 1 is 1.40 bits per heavy atom. The van der Waals surface area contributed by atoms with E-state index in [1.165, 1.54) is 25.7 Å². The van der Waals surface area contributed by atoms with Crippen molar-refractivity contribution in [1.29, 1.82) is 0 Å². The van der Waals surface area contributed by atoms with E-state index in [4.69, 9.17) is 6.42 Å². The van der Waals surface area contributed by atoms with Crippen LogP contribution in [0.5, 0.6) is 0 Å². The third-order valence-electron chi connectivity index (χ3n) is 4.26. The molecule has 3 atom stereocenters. The van der Waals surface area contributed by atoms with Crippen molar-refractivity contribution in [3.63, 3.8) is 0 Å². The molecule has 3 unspecified atom stereocenters. The lowest BCUT2D eigenvalue weighted by molar-refractivity contribution is 0.0327. The van der Waals surface area contributed by atoms with Gasteiger partial charge in [-0.2, -0.15) is 0 Å². The maximum absolute atomic E-state index is 10.0. The van der Waals surface area contributed by atoms with Crippen LogP contribution < -0.4 is 0 Å². The molecule has 0 radical (unpaired) electrons. The molecular formula is C13H21NO. The molecule has 2 saturated heterocycles. The normalized spacial score (nSPS) is 37.5.